The molecule has 2 heterocycles. The summed E-state index contributed by atoms with van der Waals surface area (Å²) >= 11 is 0. The van der Waals surface area contributed by atoms with E-state index in [0.29, 0.717) is 11.6 Å². The Morgan fingerprint density at radius 1 is 1.15 bits per heavy atom. The summed E-state index contributed by atoms with van der Waals surface area (Å²) in [6.07, 6.45) is 3.36. The minimum Gasteiger partial charge on any atom is -0.342 e. The summed E-state index contributed by atoms with van der Waals surface area (Å²) < 4.78 is 1.51. The Bertz CT molecular complexity index is 853. The molecular formula is C20H26N4O2. The van der Waals surface area contributed by atoms with Crippen LogP contribution in [0.15, 0.2) is 35.1 Å². The summed E-state index contributed by atoms with van der Waals surface area (Å²) in [4.78, 5) is 33.7. The molecule has 26 heavy (non-hydrogen) atoms. The van der Waals surface area contributed by atoms with Gasteiger partial charge in [0, 0.05) is 37.6 Å². The zero-order chi connectivity index (χ0) is 18.7. The van der Waals surface area contributed by atoms with E-state index in [-0.39, 0.29) is 18.0 Å². The Balaban J connectivity index is 1.88. The highest BCUT2D eigenvalue weighted by molar-refractivity contribution is 5.92. The van der Waals surface area contributed by atoms with Crippen LogP contribution >= 0.6 is 0 Å². The van der Waals surface area contributed by atoms with Crippen LogP contribution in [0.2, 0.25) is 0 Å². The minimum absolute atomic E-state index is 0.0115. The molecule has 138 valence electrons. The lowest BCUT2D eigenvalue weighted by Crippen LogP contribution is -2.40. The van der Waals surface area contributed by atoms with E-state index in [4.69, 9.17) is 0 Å². The second kappa shape index (κ2) is 7.72. The van der Waals surface area contributed by atoms with Crippen LogP contribution in [0, 0.1) is 13.8 Å². The zero-order valence-electron chi connectivity index (χ0n) is 15.7. The highest BCUT2D eigenvalue weighted by Gasteiger charge is 2.20. The maximum Gasteiger partial charge on any atom is 0.255 e. The third-order valence-electron chi connectivity index (χ3n) is 4.81. The molecule has 0 radical (unpaired) electrons. The quantitative estimate of drug-likeness (QED) is 0.846. The van der Waals surface area contributed by atoms with E-state index in [9.17, 15) is 9.59 Å². The Morgan fingerprint density at radius 3 is 2.58 bits per heavy atom. The Kier molecular flexibility index (Phi) is 5.40. The van der Waals surface area contributed by atoms with Gasteiger partial charge in [-0.25, -0.2) is 4.98 Å². The predicted octanol–water partition coefficient (Wildman–Crippen LogP) is 2.51. The third-order valence-corrected chi connectivity index (χ3v) is 4.81. The van der Waals surface area contributed by atoms with Gasteiger partial charge in [-0.3, -0.25) is 14.2 Å². The number of benzene rings is 1. The molecule has 1 amide bonds. The molecule has 1 aromatic carbocycles. The van der Waals surface area contributed by atoms with E-state index in [0.717, 1.165) is 37.2 Å². The molecule has 0 bridgehead atoms. The molecular weight excluding hydrogens is 328 g/mol. The van der Waals surface area contributed by atoms with Crippen LogP contribution < -0.4 is 15.4 Å². The maximum atomic E-state index is 12.8. The summed E-state index contributed by atoms with van der Waals surface area (Å²) in [5.41, 5.74) is 2.42. The lowest BCUT2D eigenvalue weighted by molar-refractivity contribution is -0.118. The first-order valence-corrected chi connectivity index (χ1v) is 9.12. The summed E-state index contributed by atoms with van der Waals surface area (Å²) in [7, 11) is 1.74. The fourth-order valence-electron chi connectivity index (χ4n) is 3.31. The minimum atomic E-state index is -0.177. The summed E-state index contributed by atoms with van der Waals surface area (Å²) in [5, 5.41) is 0. The number of aromatic nitrogens is 2. The molecule has 1 saturated heterocycles. The first-order valence-electron chi connectivity index (χ1n) is 9.12. The maximum absolute atomic E-state index is 12.8. The van der Waals surface area contributed by atoms with E-state index in [2.05, 4.69) is 9.88 Å². The summed E-state index contributed by atoms with van der Waals surface area (Å²) in [6.45, 7) is 5.54. The highest BCUT2D eigenvalue weighted by atomic mass is 16.2. The van der Waals surface area contributed by atoms with Crippen molar-refractivity contribution in [2.24, 2.45) is 0 Å². The molecule has 3 rings (SSSR count). The molecule has 0 N–H and O–H groups in total. The van der Waals surface area contributed by atoms with Crippen LogP contribution in [0.1, 0.15) is 30.5 Å². The largest absolute Gasteiger partial charge is 0.342 e. The Hall–Kier alpha value is -2.63. The van der Waals surface area contributed by atoms with Crippen molar-refractivity contribution >= 4 is 17.5 Å². The molecule has 1 aliphatic rings. The first kappa shape index (κ1) is 18.2. The van der Waals surface area contributed by atoms with Crippen LogP contribution in [0.3, 0.4) is 0 Å². The Labute approximate surface area is 154 Å². The number of rotatable bonds is 4. The number of anilines is 2. The van der Waals surface area contributed by atoms with Crippen molar-refractivity contribution in [3.05, 3.63) is 51.9 Å². The van der Waals surface area contributed by atoms with Gasteiger partial charge in [-0.1, -0.05) is 12.1 Å². The SMILES string of the molecule is Cc1cccc(N(C)C(=O)Cn2c(N3CCCCC3)nc(C)cc2=O)c1. The molecule has 1 aromatic heterocycles. The molecule has 2 aromatic rings. The summed E-state index contributed by atoms with van der Waals surface area (Å²) in [6, 6.07) is 9.26. The number of nitrogens with zero attached hydrogens (tertiary/aromatic N) is 4. The van der Waals surface area contributed by atoms with Crippen LogP contribution in [0.25, 0.3) is 0 Å². The van der Waals surface area contributed by atoms with Crippen LogP contribution in [-0.4, -0.2) is 35.6 Å². The van der Waals surface area contributed by atoms with Crippen molar-refractivity contribution in [2.75, 3.05) is 29.9 Å². The lowest BCUT2D eigenvalue weighted by atomic mass is 10.1. The van der Waals surface area contributed by atoms with Crippen LogP contribution in [0.5, 0.6) is 0 Å². The van der Waals surface area contributed by atoms with Gasteiger partial charge in [-0.2, -0.15) is 0 Å². The van der Waals surface area contributed by atoms with E-state index in [1.165, 1.54) is 17.1 Å². The number of carbonyl (C=O) groups is 1. The van der Waals surface area contributed by atoms with E-state index < -0.39 is 0 Å². The van der Waals surface area contributed by atoms with Gasteiger partial charge in [0.15, 0.2) is 0 Å². The smallest absolute Gasteiger partial charge is 0.255 e. The standard InChI is InChI=1S/C20H26N4O2/c1-15-8-7-9-17(12-15)22(3)19(26)14-24-18(25)13-16(2)21-20(24)23-10-5-4-6-11-23/h7-9,12-13H,4-6,10-11,14H2,1-3H3. The average molecular weight is 354 g/mol. The van der Waals surface area contributed by atoms with Crippen LogP contribution in [-0.2, 0) is 11.3 Å². The Morgan fingerprint density at radius 2 is 1.88 bits per heavy atom. The second-order valence-corrected chi connectivity index (χ2v) is 6.96. The number of hydrogen-bond donors (Lipinski definition) is 0. The van der Waals surface area contributed by atoms with Gasteiger partial charge in [0.2, 0.25) is 11.9 Å². The molecule has 1 fully saturated rings. The van der Waals surface area contributed by atoms with Gasteiger partial charge in [-0.05, 0) is 50.8 Å². The molecule has 0 unspecified atom stereocenters. The highest BCUT2D eigenvalue weighted by Crippen LogP contribution is 2.18. The van der Waals surface area contributed by atoms with E-state index >= 15 is 0 Å². The lowest BCUT2D eigenvalue weighted by Gasteiger charge is -2.30. The molecule has 0 aliphatic carbocycles. The number of piperidine rings is 1. The number of likely N-dealkylation sites (N-methyl/N-ethyl adjacent to an activating group) is 1. The normalized spacial score (nSPS) is 14.3. The van der Waals surface area contributed by atoms with Gasteiger partial charge in [0.25, 0.3) is 5.56 Å². The molecule has 0 atom stereocenters. The molecule has 0 spiro atoms. The third kappa shape index (κ3) is 3.95. The number of carbonyl (C=O) groups excluding carboxylic acids is 1. The van der Waals surface area contributed by atoms with Crippen molar-refractivity contribution < 1.29 is 4.79 Å². The molecule has 6 nitrogen and oxygen atoms in total. The number of amides is 1. The van der Waals surface area contributed by atoms with Gasteiger partial charge >= 0.3 is 0 Å². The van der Waals surface area contributed by atoms with Crippen molar-refractivity contribution in [1.29, 1.82) is 0 Å². The monoisotopic (exact) mass is 354 g/mol. The fraction of sp³-hybridized carbons (Fsp3) is 0.450. The van der Waals surface area contributed by atoms with Crippen molar-refractivity contribution in [1.82, 2.24) is 9.55 Å². The van der Waals surface area contributed by atoms with E-state index in [1.807, 2.05) is 38.1 Å². The molecule has 0 saturated carbocycles. The second-order valence-electron chi connectivity index (χ2n) is 6.96. The molecule has 6 heteroatoms. The first-order chi connectivity index (χ1) is 12.5. The average Bonchev–Trinajstić information content (AvgIpc) is 2.63. The fourth-order valence-corrected chi connectivity index (χ4v) is 3.31. The number of aryl methyl sites for hydroxylation is 2. The van der Waals surface area contributed by atoms with Gasteiger partial charge in [0.1, 0.15) is 6.54 Å². The summed E-state index contributed by atoms with van der Waals surface area (Å²) in [5.74, 6) is 0.474. The van der Waals surface area contributed by atoms with Gasteiger partial charge in [0.05, 0.1) is 0 Å². The topological polar surface area (TPSA) is 58.4 Å². The zero-order valence-corrected chi connectivity index (χ0v) is 15.7. The van der Waals surface area contributed by atoms with Crippen molar-refractivity contribution in [3.63, 3.8) is 0 Å². The number of hydrogen-bond acceptors (Lipinski definition) is 4. The van der Waals surface area contributed by atoms with E-state index in [1.54, 1.807) is 11.9 Å². The van der Waals surface area contributed by atoms with Gasteiger partial charge in [-0.15, -0.1) is 0 Å². The molecule has 1 aliphatic heterocycles. The predicted molar refractivity (Wildman–Crippen MR) is 104 cm³/mol. The van der Waals surface area contributed by atoms with Crippen molar-refractivity contribution in [2.45, 2.75) is 39.7 Å². The van der Waals surface area contributed by atoms with Crippen LogP contribution in [0.4, 0.5) is 11.6 Å². The van der Waals surface area contributed by atoms with Gasteiger partial charge < -0.3 is 9.80 Å². The van der Waals surface area contributed by atoms with Crippen molar-refractivity contribution in [3.8, 4) is 0 Å².